The summed E-state index contributed by atoms with van der Waals surface area (Å²) in [7, 11) is 0. The maximum absolute atomic E-state index is 11.3. The van der Waals surface area contributed by atoms with Crippen LogP contribution in [0.5, 0.6) is 11.5 Å². The van der Waals surface area contributed by atoms with Crippen molar-refractivity contribution >= 4 is 18.6 Å². The number of carbonyl (C=O) groups excluding carboxylic acids is 1. The zero-order chi connectivity index (χ0) is 19.5. The normalized spacial score (nSPS) is 12.9. The molecule has 2 aromatic carbocycles. The van der Waals surface area contributed by atoms with Gasteiger partial charge in [0.05, 0.1) is 19.0 Å². The second-order valence-electron chi connectivity index (χ2n) is 5.72. The molecule has 2 rings (SSSR count). The average molecular weight is 392 g/mol. The third-order valence-electron chi connectivity index (χ3n) is 3.76. The summed E-state index contributed by atoms with van der Waals surface area (Å²) in [5, 5.41) is 19.6. The van der Waals surface area contributed by atoms with Crippen LogP contribution in [0.3, 0.4) is 0 Å². The minimum atomic E-state index is -0.924. The van der Waals surface area contributed by atoms with Crippen LogP contribution in [0.15, 0.2) is 54.6 Å². The van der Waals surface area contributed by atoms with Gasteiger partial charge in [-0.3, -0.25) is 4.79 Å². The fourth-order valence-corrected chi connectivity index (χ4v) is 2.52. The van der Waals surface area contributed by atoms with Crippen LogP contribution in [0, 0.1) is 0 Å². The highest BCUT2D eigenvalue weighted by Gasteiger charge is 2.23. The summed E-state index contributed by atoms with van der Waals surface area (Å²) in [6, 6.07) is 16.1. The van der Waals surface area contributed by atoms with Crippen LogP contribution in [0.4, 0.5) is 0 Å². The summed E-state index contributed by atoms with van der Waals surface area (Å²) in [5.41, 5.74) is 0.646. The molecule has 0 aliphatic heterocycles. The van der Waals surface area contributed by atoms with Gasteiger partial charge in [0, 0.05) is 6.42 Å². The second kappa shape index (κ2) is 11.5. The van der Waals surface area contributed by atoms with Gasteiger partial charge in [-0.1, -0.05) is 30.3 Å². The van der Waals surface area contributed by atoms with Crippen molar-refractivity contribution in [1.82, 2.24) is 0 Å². The van der Waals surface area contributed by atoms with Crippen LogP contribution in [0.1, 0.15) is 18.1 Å². The van der Waals surface area contributed by atoms with Gasteiger partial charge < -0.3 is 24.4 Å². The molecule has 0 saturated heterocycles. The van der Waals surface area contributed by atoms with Crippen LogP contribution in [0.2, 0.25) is 0 Å². The number of thiol groups is 1. The lowest BCUT2D eigenvalue weighted by molar-refractivity contribution is -0.141. The Morgan fingerprint density at radius 2 is 1.70 bits per heavy atom. The molecule has 0 unspecified atom stereocenters. The lowest BCUT2D eigenvalue weighted by Crippen LogP contribution is -2.27. The van der Waals surface area contributed by atoms with Gasteiger partial charge in [0.15, 0.2) is 0 Å². The molecule has 0 aliphatic carbocycles. The minimum Gasteiger partial charge on any atom is -0.491 e. The van der Waals surface area contributed by atoms with E-state index in [1.165, 1.54) is 0 Å². The lowest BCUT2D eigenvalue weighted by atomic mass is 10.0. The Labute approximate surface area is 164 Å². The predicted octanol–water partition coefficient (Wildman–Crippen LogP) is 2.40. The van der Waals surface area contributed by atoms with Gasteiger partial charge in [-0.05, 0) is 29.8 Å². The second-order valence-corrected chi connectivity index (χ2v) is 6.04. The first kappa shape index (κ1) is 21.1. The van der Waals surface area contributed by atoms with Crippen LogP contribution >= 0.6 is 12.6 Å². The van der Waals surface area contributed by atoms with Gasteiger partial charge in [-0.2, -0.15) is 12.6 Å². The lowest BCUT2D eigenvalue weighted by Gasteiger charge is -2.24. The molecule has 0 amide bonds. The zero-order valence-electron chi connectivity index (χ0n) is 14.9. The number of para-hydroxylation sites is 1. The standard InChI is InChI=1S/C20H24O6S/c21-11-13-24-16-8-6-15(7-9-16)20(23)18(10-12-25-19(22)14-27)26-17-4-2-1-3-5-17/h1-9,18,20-21,23,27H,10-14H2/t18-,20-/m0/s1. The Bertz CT molecular complexity index is 677. The summed E-state index contributed by atoms with van der Waals surface area (Å²) < 4.78 is 16.3. The molecule has 2 N–H and O–H groups in total. The number of aliphatic hydroxyl groups is 2. The van der Waals surface area contributed by atoms with E-state index in [0.717, 1.165) is 0 Å². The van der Waals surface area contributed by atoms with E-state index in [0.29, 0.717) is 23.5 Å². The highest BCUT2D eigenvalue weighted by atomic mass is 32.1. The van der Waals surface area contributed by atoms with E-state index in [4.69, 9.17) is 19.3 Å². The molecular formula is C20H24O6S. The summed E-state index contributed by atoms with van der Waals surface area (Å²) in [5.74, 6) is 0.798. The SMILES string of the molecule is O=C(CS)OCC[C@H](Oc1ccccc1)[C@@H](O)c1ccc(OCCO)cc1. The van der Waals surface area contributed by atoms with Crippen molar-refractivity contribution in [3.05, 3.63) is 60.2 Å². The highest BCUT2D eigenvalue weighted by Crippen LogP contribution is 2.26. The maximum Gasteiger partial charge on any atom is 0.315 e. The molecule has 0 spiro atoms. The molecule has 27 heavy (non-hydrogen) atoms. The Hall–Kier alpha value is -2.22. The molecule has 2 atom stereocenters. The summed E-state index contributed by atoms with van der Waals surface area (Å²) >= 11 is 3.87. The number of rotatable bonds is 11. The van der Waals surface area contributed by atoms with Gasteiger partial charge in [-0.25, -0.2) is 0 Å². The Balaban J connectivity index is 2.06. The topological polar surface area (TPSA) is 85.2 Å². The van der Waals surface area contributed by atoms with E-state index in [-0.39, 0.29) is 25.6 Å². The minimum absolute atomic E-state index is 0.00205. The number of ether oxygens (including phenoxy) is 3. The molecule has 146 valence electrons. The Morgan fingerprint density at radius 1 is 1.00 bits per heavy atom. The monoisotopic (exact) mass is 392 g/mol. The first-order valence-electron chi connectivity index (χ1n) is 8.64. The van der Waals surface area contributed by atoms with E-state index in [2.05, 4.69) is 12.6 Å². The number of hydrogen-bond donors (Lipinski definition) is 3. The smallest absolute Gasteiger partial charge is 0.315 e. The van der Waals surface area contributed by atoms with Gasteiger partial charge in [0.25, 0.3) is 0 Å². The van der Waals surface area contributed by atoms with E-state index in [1.807, 2.05) is 18.2 Å². The first-order chi connectivity index (χ1) is 13.1. The van der Waals surface area contributed by atoms with Crippen LogP contribution in [0.25, 0.3) is 0 Å². The largest absolute Gasteiger partial charge is 0.491 e. The van der Waals surface area contributed by atoms with Gasteiger partial charge in [-0.15, -0.1) is 0 Å². The predicted molar refractivity (Wildman–Crippen MR) is 104 cm³/mol. The third kappa shape index (κ3) is 7.13. The Morgan fingerprint density at radius 3 is 2.33 bits per heavy atom. The number of aliphatic hydroxyl groups excluding tert-OH is 2. The summed E-state index contributed by atoms with van der Waals surface area (Å²) in [6.45, 7) is 0.256. The van der Waals surface area contributed by atoms with Crippen molar-refractivity contribution in [2.24, 2.45) is 0 Å². The number of benzene rings is 2. The molecule has 0 fully saturated rings. The van der Waals surface area contributed by atoms with E-state index in [1.54, 1.807) is 36.4 Å². The van der Waals surface area contributed by atoms with Crippen molar-refractivity contribution in [2.45, 2.75) is 18.6 Å². The third-order valence-corrected chi connectivity index (χ3v) is 4.02. The van der Waals surface area contributed by atoms with Crippen molar-refractivity contribution < 1.29 is 29.2 Å². The number of esters is 1. The molecule has 0 heterocycles. The highest BCUT2D eigenvalue weighted by molar-refractivity contribution is 7.81. The van der Waals surface area contributed by atoms with Crippen molar-refractivity contribution in [2.75, 3.05) is 25.6 Å². The summed E-state index contributed by atoms with van der Waals surface area (Å²) in [4.78, 5) is 11.3. The molecule has 0 radical (unpaired) electrons. The molecule has 0 saturated carbocycles. The first-order valence-corrected chi connectivity index (χ1v) is 9.27. The number of hydrogen-bond acceptors (Lipinski definition) is 7. The average Bonchev–Trinajstić information content (AvgIpc) is 2.72. The van der Waals surface area contributed by atoms with Crippen LogP contribution in [-0.2, 0) is 9.53 Å². The molecule has 0 aromatic heterocycles. The molecule has 2 aromatic rings. The fourth-order valence-electron chi connectivity index (χ4n) is 2.43. The van der Waals surface area contributed by atoms with Gasteiger partial charge in [0.2, 0.25) is 0 Å². The van der Waals surface area contributed by atoms with Gasteiger partial charge in [0.1, 0.15) is 30.3 Å². The Kier molecular flexibility index (Phi) is 8.97. The number of carbonyl (C=O) groups is 1. The van der Waals surface area contributed by atoms with Crippen molar-refractivity contribution in [3.63, 3.8) is 0 Å². The van der Waals surface area contributed by atoms with Crippen molar-refractivity contribution in [1.29, 1.82) is 0 Å². The van der Waals surface area contributed by atoms with Crippen molar-refractivity contribution in [3.8, 4) is 11.5 Å². The van der Waals surface area contributed by atoms with Gasteiger partial charge >= 0.3 is 5.97 Å². The molecule has 7 heteroatoms. The van der Waals surface area contributed by atoms with E-state index < -0.39 is 18.2 Å². The summed E-state index contributed by atoms with van der Waals surface area (Å²) in [6.07, 6.45) is -1.21. The molecule has 0 bridgehead atoms. The fraction of sp³-hybridized carbons (Fsp3) is 0.350. The molecule has 6 nitrogen and oxygen atoms in total. The molecular weight excluding hydrogens is 368 g/mol. The molecule has 0 aliphatic rings. The van der Waals surface area contributed by atoms with Crippen LogP contribution in [-0.4, -0.2) is 47.9 Å². The zero-order valence-corrected chi connectivity index (χ0v) is 15.8. The van der Waals surface area contributed by atoms with E-state index >= 15 is 0 Å². The van der Waals surface area contributed by atoms with E-state index in [9.17, 15) is 9.90 Å². The van der Waals surface area contributed by atoms with Crippen LogP contribution < -0.4 is 9.47 Å². The maximum atomic E-state index is 11.3. The quantitative estimate of drug-likeness (QED) is 0.402.